The highest BCUT2D eigenvalue weighted by Gasteiger charge is 2.14. The number of benzene rings is 3. The minimum absolute atomic E-state index is 0.256. The molecule has 0 radical (unpaired) electrons. The molecule has 5 nitrogen and oxygen atoms in total. The van der Waals surface area contributed by atoms with Crippen molar-refractivity contribution in [3.63, 3.8) is 0 Å². The molecule has 0 heterocycles. The number of carbonyl (C=O) groups excluding carboxylic acids is 2. The van der Waals surface area contributed by atoms with E-state index in [1.54, 1.807) is 43.5 Å². The maximum Gasteiger partial charge on any atom is 0.255 e. The molecule has 0 spiro atoms. The van der Waals surface area contributed by atoms with Gasteiger partial charge in [0.15, 0.2) is 0 Å². The van der Waals surface area contributed by atoms with Crippen LogP contribution in [0, 0.1) is 6.92 Å². The van der Waals surface area contributed by atoms with Gasteiger partial charge in [0.2, 0.25) is 0 Å². The molecule has 0 aliphatic carbocycles. The van der Waals surface area contributed by atoms with E-state index < -0.39 is 0 Å². The van der Waals surface area contributed by atoms with Gasteiger partial charge in [-0.1, -0.05) is 42.0 Å². The van der Waals surface area contributed by atoms with Crippen molar-refractivity contribution < 1.29 is 14.3 Å². The van der Waals surface area contributed by atoms with Crippen molar-refractivity contribution in [3.8, 4) is 5.75 Å². The lowest BCUT2D eigenvalue weighted by molar-refractivity contribution is 0.0951. The zero-order valence-corrected chi connectivity index (χ0v) is 15.9. The number of hydrogen-bond donors (Lipinski definition) is 2. The molecule has 28 heavy (non-hydrogen) atoms. The Kier molecular flexibility index (Phi) is 6.07. The van der Waals surface area contributed by atoms with E-state index in [0.717, 1.165) is 16.9 Å². The topological polar surface area (TPSA) is 67.4 Å². The highest BCUT2D eigenvalue weighted by atomic mass is 16.5. The Morgan fingerprint density at radius 3 is 2.39 bits per heavy atom. The molecule has 0 saturated heterocycles. The third kappa shape index (κ3) is 4.76. The molecule has 2 amide bonds. The van der Waals surface area contributed by atoms with Gasteiger partial charge in [0.25, 0.3) is 11.8 Å². The summed E-state index contributed by atoms with van der Waals surface area (Å²) in [7, 11) is 1.60. The fraction of sp³-hybridized carbons (Fsp3) is 0.130. The van der Waals surface area contributed by atoms with E-state index in [-0.39, 0.29) is 11.8 Å². The van der Waals surface area contributed by atoms with Crippen LogP contribution < -0.4 is 15.4 Å². The van der Waals surface area contributed by atoms with Crippen molar-refractivity contribution >= 4 is 17.5 Å². The van der Waals surface area contributed by atoms with Crippen LogP contribution in [0.4, 0.5) is 5.69 Å². The van der Waals surface area contributed by atoms with Crippen molar-refractivity contribution in [2.45, 2.75) is 13.5 Å². The maximum atomic E-state index is 12.7. The molecular weight excluding hydrogens is 352 g/mol. The molecule has 2 N–H and O–H groups in total. The highest BCUT2D eigenvalue weighted by molar-refractivity contribution is 6.09. The normalized spacial score (nSPS) is 10.2. The van der Waals surface area contributed by atoms with Crippen molar-refractivity contribution in [1.29, 1.82) is 0 Å². The first-order valence-corrected chi connectivity index (χ1v) is 8.95. The van der Waals surface area contributed by atoms with Gasteiger partial charge in [-0.05, 0) is 48.9 Å². The molecule has 0 saturated carbocycles. The van der Waals surface area contributed by atoms with E-state index in [9.17, 15) is 9.59 Å². The smallest absolute Gasteiger partial charge is 0.255 e. The van der Waals surface area contributed by atoms with Gasteiger partial charge in [-0.25, -0.2) is 0 Å². The van der Waals surface area contributed by atoms with E-state index in [4.69, 9.17) is 4.74 Å². The van der Waals surface area contributed by atoms with Gasteiger partial charge in [0.1, 0.15) is 5.75 Å². The number of nitrogens with one attached hydrogen (secondary N) is 2. The number of aryl methyl sites for hydroxylation is 1. The summed E-state index contributed by atoms with van der Waals surface area (Å²) in [5, 5.41) is 5.71. The summed E-state index contributed by atoms with van der Waals surface area (Å²) in [6.07, 6.45) is 0. The summed E-state index contributed by atoms with van der Waals surface area (Å²) in [5.41, 5.74) is 3.42. The third-order valence-corrected chi connectivity index (χ3v) is 4.32. The molecule has 3 aromatic carbocycles. The average Bonchev–Trinajstić information content (AvgIpc) is 2.73. The lowest BCUT2D eigenvalue weighted by Crippen LogP contribution is -2.24. The van der Waals surface area contributed by atoms with Gasteiger partial charge in [-0.3, -0.25) is 9.59 Å². The molecule has 3 rings (SSSR count). The summed E-state index contributed by atoms with van der Waals surface area (Å²) in [4.78, 5) is 25.2. The Balaban J connectivity index is 1.71. The summed E-state index contributed by atoms with van der Waals surface area (Å²) in [6, 6.07) is 21.7. The highest BCUT2D eigenvalue weighted by Crippen LogP contribution is 2.17. The number of rotatable bonds is 6. The van der Waals surface area contributed by atoms with Crippen molar-refractivity contribution in [2.24, 2.45) is 0 Å². The minimum Gasteiger partial charge on any atom is -0.497 e. The number of ether oxygens (including phenoxy) is 1. The molecule has 142 valence electrons. The maximum absolute atomic E-state index is 12.7. The van der Waals surface area contributed by atoms with E-state index >= 15 is 0 Å². The quantitative estimate of drug-likeness (QED) is 0.680. The van der Waals surface area contributed by atoms with Crippen LogP contribution in [0.25, 0.3) is 0 Å². The standard InChI is InChI=1S/C23H22N2O3/c1-16-10-12-18(13-11-16)22(26)25-21-9-4-3-8-20(21)23(27)24-15-17-6-5-7-19(14-17)28-2/h3-14H,15H2,1-2H3,(H,24,27)(H,25,26). The number of methoxy groups -OCH3 is 1. The fourth-order valence-electron chi connectivity index (χ4n) is 2.75. The summed E-state index contributed by atoms with van der Waals surface area (Å²) in [5.74, 6) is 0.216. The van der Waals surface area contributed by atoms with Gasteiger partial charge in [-0.15, -0.1) is 0 Å². The van der Waals surface area contributed by atoms with Crippen LogP contribution in [0.2, 0.25) is 0 Å². The Morgan fingerprint density at radius 2 is 1.64 bits per heavy atom. The van der Waals surface area contributed by atoms with E-state index in [1.165, 1.54) is 0 Å². The van der Waals surface area contributed by atoms with E-state index in [2.05, 4.69) is 10.6 Å². The first-order chi connectivity index (χ1) is 13.6. The molecule has 0 aliphatic rings. The first kappa shape index (κ1) is 19.2. The monoisotopic (exact) mass is 374 g/mol. The minimum atomic E-state index is -0.261. The van der Waals surface area contributed by atoms with Crippen LogP contribution in [0.15, 0.2) is 72.8 Å². The largest absolute Gasteiger partial charge is 0.497 e. The van der Waals surface area contributed by atoms with E-state index in [1.807, 2.05) is 43.3 Å². The summed E-state index contributed by atoms with van der Waals surface area (Å²) < 4.78 is 5.20. The Labute approximate surface area is 164 Å². The van der Waals surface area contributed by atoms with Crippen LogP contribution in [0.5, 0.6) is 5.75 Å². The molecule has 5 heteroatoms. The SMILES string of the molecule is COc1cccc(CNC(=O)c2ccccc2NC(=O)c2ccc(C)cc2)c1. The van der Waals surface area contributed by atoms with Crippen LogP contribution in [0.1, 0.15) is 31.8 Å². The predicted molar refractivity (Wildman–Crippen MR) is 110 cm³/mol. The average molecular weight is 374 g/mol. The second-order valence-corrected chi connectivity index (χ2v) is 6.40. The molecule has 0 aliphatic heterocycles. The predicted octanol–water partition coefficient (Wildman–Crippen LogP) is 4.19. The lowest BCUT2D eigenvalue weighted by Gasteiger charge is -2.12. The van der Waals surface area contributed by atoms with Crippen molar-refractivity contribution in [2.75, 3.05) is 12.4 Å². The molecule has 0 aromatic heterocycles. The van der Waals surface area contributed by atoms with Gasteiger partial charge < -0.3 is 15.4 Å². The number of para-hydroxylation sites is 1. The lowest BCUT2D eigenvalue weighted by atomic mass is 10.1. The Bertz CT molecular complexity index is 981. The molecule has 0 unspecified atom stereocenters. The second kappa shape index (κ2) is 8.86. The Morgan fingerprint density at radius 1 is 0.893 bits per heavy atom. The van der Waals surface area contributed by atoms with Crippen LogP contribution >= 0.6 is 0 Å². The van der Waals surface area contributed by atoms with Crippen molar-refractivity contribution in [3.05, 3.63) is 95.1 Å². The van der Waals surface area contributed by atoms with Gasteiger partial charge >= 0.3 is 0 Å². The fourth-order valence-corrected chi connectivity index (χ4v) is 2.75. The molecule has 0 bridgehead atoms. The van der Waals surface area contributed by atoms with Gasteiger partial charge in [0, 0.05) is 12.1 Å². The number of hydrogen-bond acceptors (Lipinski definition) is 3. The molecule has 0 atom stereocenters. The first-order valence-electron chi connectivity index (χ1n) is 8.95. The molecule has 0 fully saturated rings. The number of anilines is 1. The van der Waals surface area contributed by atoms with Gasteiger partial charge in [-0.2, -0.15) is 0 Å². The van der Waals surface area contributed by atoms with Crippen LogP contribution in [-0.2, 0) is 6.54 Å². The zero-order valence-electron chi connectivity index (χ0n) is 15.9. The number of carbonyl (C=O) groups is 2. The molecular formula is C23H22N2O3. The number of amides is 2. The van der Waals surface area contributed by atoms with Crippen LogP contribution in [0.3, 0.4) is 0 Å². The van der Waals surface area contributed by atoms with Crippen molar-refractivity contribution in [1.82, 2.24) is 5.32 Å². The molecule has 3 aromatic rings. The Hall–Kier alpha value is -3.60. The summed E-state index contributed by atoms with van der Waals surface area (Å²) >= 11 is 0. The van der Waals surface area contributed by atoms with Gasteiger partial charge in [0.05, 0.1) is 18.4 Å². The third-order valence-electron chi connectivity index (χ3n) is 4.32. The summed E-state index contributed by atoms with van der Waals surface area (Å²) in [6.45, 7) is 2.32. The van der Waals surface area contributed by atoms with E-state index in [0.29, 0.717) is 23.4 Å². The second-order valence-electron chi connectivity index (χ2n) is 6.40. The van der Waals surface area contributed by atoms with Crippen LogP contribution in [-0.4, -0.2) is 18.9 Å². The zero-order chi connectivity index (χ0) is 19.9.